The van der Waals surface area contributed by atoms with Crippen LogP contribution >= 0.6 is 0 Å². The van der Waals surface area contributed by atoms with Crippen molar-refractivity contribution in [2.45, 2.75) is 31.2 Å². The monoisotopic (exact) mass is 271 g/mol. The van der Waals surface area contributed by atoms with Gasteiger partial charge in [-0.2, -0.15) is 0 Å². The number of fused-ring (bicyclic) bond motifs is 2. The summed E-state index contributed by atoms with van der Waals surface area (Å²) in [6.45, 7) is 7.62. The van der Waals surface area contributed by atoms with E-state index in [2.05, 4.69) is 39.4 Å². The summed E-state index contributed by atoms with van der Waals surface area (Å²) in [4.78, 5) is 5.40. The summed E-state index contributed by atoms with van der Waals surface area (Å²) in [5.74, 6) is 0.716. The molecule has 3 heteroatoms. The Morgan fingerprint density at radius 3 is 3.10 bits per heavy atom. The van der Waals surface area contributed by atoms with Gasteiger partial charge in [-0.1, -0.05) is 18.2 Å². The summed E-state index contributed by atoms with van der Waals surface area (Å²) >= 11 is 0. The van der Waals surface area contributed by atoms with Crippen molar-refractivity contribution in [1.82, 2.24) is 9.80 Å². The second-order valence-corrected chi connectivity index (χ2v) is 6.59. The number of piperazine rings is 1. The number of benzene rings is 1. The Hall–Kier alpha value is -1.06. The van der Waals surface area contributed by atoms with Crippen molar-refractivity contribution in [1.29, 1.82) is 0 Å². The topological polar surface area (TPSA) is 18.5 Å². The number of rotatable bonds is 3. The molecule has 1 aromatic carbocycles. The lowest BCUT2D eigenvalue weighted by Crippen LogP contribution is -2.50. The molecule has 0 bridgehead atoms. The van der Waals surface area contributed by atoms with E-state index in [-0.39, 0.29) is 0 Å². The smallest absolute Gasteiger partial charge is 0.0376 e. The first-order valence-electron chi connectivity index (χ1n) is 8.19. The molecule has 0 aromatic heterocycles. The lowest BCUT2D eigenvalue weighted by Gasteiger charge is -2.37. The highest BCUT2D eigenvalue weighted by Gasteiger charge is 2.31. The minimum absolute atomic E-state index is 0.716. The average Bonchev–Trinajstić information content (AvgIpc) is 3.11. The van der Waals surface area contributed by atoms with E-state index in [0.29, 0.717) is 5.92 Å². The predicted molar refractivity (Wildman–Crippen MR) is 83.3 cm³/mol. The zero-order valence-corrected chi connectivity index (χ0v) is 12.2. The number of para-hydroxylation sites is 1. The maximum absolute atomic E-state index is 3.55. The lowest BCUT2D eigenvalue weighted by atomic mass is 9.97. The first-order valence-corrected chi connectivity index (χ1v) is 8.19. The summed E-state index contributed by atoms with van der Waals surface area (Å²) in [5.41, 5.74) is 2.89. The molecule has 4 rings (SSSR count). The summed E-state index contributed by atoms with van der Waals surface area (Å²) in [7, 11) is 0. The van der Waals surface area contributed by atoms with Crippen molar-refractivity contribution in [3.8, 4) is 0 Å². The quantitative estimate of drug-likeness (QED) is 0.910. The molecule has 1 aromatic rings. The minimum atomic E-state index is 0.716. The van der Waals surface area contributed by atoms with Gasteiger partial charge >= 0.3 is 0 Å². The molecule has 1 N–H and O–H groups in total. The molecule has 3 aliphatic rings. The lowest BCUT2D eigenvalue weighted by molar-refractivity contribution is 0.102. The Bertz CT molecular complexity index is 473. The van der Waals surface area contributed by atoms with Crippen molar-refractivity contribution in [2.75, 3.05) is 44.6 Å². The zero-order chi connectivity index (χ0) is 13.4. The summed E-state index contributed by atoms with van der Waals surface area (Å²) in [5, 5.41) is 3.55. The fraction of sp³-hybridized carbons (Fsp3) is 0.647. The van der Waals surface area contributed by atoms with Crippen molar-refractivity contribution >= 4 is 5.69 Å². The van der Waals surface area contributed by atoms with Gasteiger partial charge in [0, 0.05) is 43.8 Å². The van der Waals surface area contributed by atoms with Crippen LogP contribution < -0.4 is 5.32 Å². The van der Waals surface area contributed by atoms with Gasteiger partial charge in [-0.15, -0.1) is 0 Å². The fourth-order valence-electron chi connectivity index (χ4n) is 4.21. The third kappa shape index (κ3) is 2.33. The fourth-order valence-corrected chi connectivity index (χ4v) is 4.21. The number of anilines is 1. The molecule has 2 fully saturated rings. The Balaban J connectivity index is 1.33. The van der Waals surface area contributed by atoms with Crippen LogP contribution in [-0.2, 0) is 0 Å². The van der Waals surface area contributed by atoms with E-state index in [9.17, 15) is 0 Å². The van der Waals surface area contributed by atoms with Gasteiger partial charge in [-0.25, -0.2) is 0 Å². The predicted octanol–water partition coefficient (Wildman–Crippen LogP) is 2.37. The second-order valence-electron chi connectivity index (χ2n) is 6.59. The largest absolute Gasteiger partial charge is 0.384 e. The highest BCUT2D eigenvalue weighted by molar-refractivity contribution is 5.57. The van der Waals surface area contributed by atoms with Crippen LogP contribution in [0.5, 0.6) is 0 Å². The van der Waals surface area contributed by atoms with Crippen LogP contribution in [0.15, 0.2) is 24.3 Å². The normalized spacial score (nSPS) is 30.0. The number of nitrogens with one attached hydrogen (secondary N) is 1. The van der Waals surface area contributed by atoms with Gasteiger partial charge in [0.1, 0.15) is 0 Å². The molecular weight excluding hydrogens is 246 g/mol. The summed E-state index contributed by atoms with van der Waals surface area (Å²) in [6.07, 6.45) is 4.14. The Morgan fingerprint density at radius 1 is 1.15 bits per heavy atom. The Kier molecular flexibility index (Phi) is 3.41. The SMILES string of the molecule is c1ccc2c(c1)NCC2CCN1CCN2CCCC2C1. The van der Waals surface area contributed by atoms with Crippen LogP contribution in [0.2, 0.25) is 0 Å². The zero-order valence-electron chi connectivity index (χ0n) is 12.2. The maximum Gasteiger partial charge on any atom is 0.0376 e. The van der Waals surface area contributed by atoms with Gasteiger partial charge in [0.05, 0.1) is 0 Å². The van der Waals surface area contributed by atoms with E-state index in [1.807, 2.05) is 0 Å². The van der Waals surface area contributed by atoms with Gasteiger partial charge in [0.25, 0.3) is 0 Å². The van der Waals surface area contributed by atoms with E-state index in [1.165, 1.54) is 63.2 Å². The molecule has 0 amide bonds. The van der Waals surface area contributed by atoms with Crippen LogP contribution in [-0.4, -0.2) is 55.1 Å². The third-order valence-electron chi connectivity index (χ3n) is 5.40. The number of nitrogens with zero attached hydrogens (tertiary/aromatic N) is 2. The number of hydrogen-bond donors (Lipinski definition) is 1. The van der Waals surface area contributed by atoms with E-state index in [4.69, 9.17) is 0 Å². The molecule has 2 saturated heterocycles. The molecule has 3 heterocycles. The van der Waals surface area contributed by atoms with E-state index >= 15 is 0 Å². The number of hydrogen-bond acceptors (Lipinski definition) is 3. The first kappa shape index (κ1) is 12.7. The van der Waals surface area contributed by atoms with E-state index < -0.39 is 0 Å². The van der Waals surface area contributed by atoms with E-state index in [1.54, 1.807) is 0 Å². The molecule has 3 aliphatic heterocycles. The third-order valence-corrected chi connectivity index (χ3v) is 5.40. The van der Waals surface area contributed by atoms with Crippen LogP contribution in [0.25, 0.3) is 0 Å². The Labute approximate surface area is 121 Å². The minimum Gasteiger partial charge on any atom is -0.384 e. The summed E-state index contributed by atoms with van der Waals surface area (Å²) < 4.78 is 0. The van der Waals surface area contributed by atoms with E-state index in [0.717, 1.165) is 12.6 Å². The molecule has 2 atom stereocenters. The Morgan fingerprint density at radius 2 is 2.10 bits per heavy atom. The molecule has 0 aliphatic carbocycles. The van der Waals surface area contributed by atoms with Gasteiger partial charge in [0.15, 0.2) is 0 Å². The van der Waals surface area contributed by atoms with Crippen LogP contribution in [0.1, 0.15) is 30.7 Å². The van der Waals surface area contributed by atoms with Gasteiger partial charge in [-0.3, -0.25) is 4.90 Å². The molecule has 108 valence electrons. The van der Waals surface area contributed by atoms with Crippen molar-refractivity contribution in [3.05, 3.63) is 29.8 Å². The second kappa shape index (κ2) is 5.38. The average molecular weight is 271 g/mol. The van der Waals surface area contributed by atoms with Gasteiger partial charge in [0.2, 0.25) is 0 Å². The molecular formula is C17H25N3. The molecule has 0 radical (unpaired) electrons. The van der Waals surface area contributed by atoms with Crippen molar-refractivity contribution in [3.63, 3.8) is 0 Å². The van der Waals surface area contributed by atoms with Gasteiger partial charge in [-0.05, 0) is 44.0 Å². The standard InChI is InChI=1S/C17H25N3/c1-2-6-17-16(5-1)14(12-18-17)7-9-19-10-11-20-8-3-4-15(20)13-19/h1-2,5-6,14-15,18H,3-4,7-13H2. The van der Waals surface area contributed by atoms with Gasteiger partial charge < -0.3 is 10.2 Å². The van der Waals surface area contributed by atoms with Crippen LogP contribution in [0.4, 0.5) is 5.69 Å². The molecule has 20 heavy (non-hydrogen) atoms. The molecule has 0 spiro atoms. The highest BCUT2D eigenvalue weighted by Crippen LogP contribution is 2.33. The molecule has 3 nitrogen and oxygen atoms in total. The van der Waals surface area contributed by atoms with Crippen molar-refractivity contribution in [2.24, 2.45) is 0 Å². The highest BCUT2D eigenvalue weighted by atomic mass is 15.3. The molecule has 2 unspecified atom stereocenters. The van der Waals surface area contributed by atoms with Crippen LogP contribution in [0, 0.1) is 0 Å². The van der Waals surface area contributed by atoms with Crippen LogP contribution in [0.3, 0.4) is 0 Å². The maximum atomic E-state index is 3.55. The molecule has 0 saturated carbocycles. The first-order chi connectivity index (χ1) is 9.90. The summed E-state index contributed by atoms with van der Waals surface area (Å²) in [6, 6.07) is 9.68. The van der Waals surface area contributed by atoms with Crippen molar-refractivity contribution < 1.29 is 0 Å².